The van der Waals surface area contributed by atoms with Crippen molar-refractivity contribution in [2.75, 3.05) is 13.1 Å². The van der Waals surface area contributed by atoms with Crippen LogP contribution >= 0.6 is 0 Å². The van der Waals surface area contributed by atoms with Crippen LogP contribution in [0.25, 0.3) is 0 Å². The van der Waals surface area contributed by atoms with E-state index in [2.05, 4.69) is 21.3 Å². The van der Waals surface area contributed by atoms with Gasteiger partial charge in [-0.05, 0) is 35.8 Å². The number of ether oxygens (including phenoxy) is 2. The zero-order chi connectivity index (χ0) is 36.4. The summed E-state index contributed by atoms with van der Waals surface area (Å²) in [6.07, 6.45) is 11.3. The summed E-state index contributed by atoms with van der Waals surface area (Å²) in [6, 6.07) is 17.7. The number of hydrogen-bond donors (Lipinski definition) is 4. The number of unbranched alkanes of at least 4 members (excludes halogenated alkanes) is 9. The molecule has 10 heteroatoms. The molecule has 0 saturated carbocycles. The molecule has 2 aromatic carbocycles. The summed E-state index contributed by atoms with van der Waals surface area (Å²) in [6.45, 7) is 9.43. The third kappa shape index (κ3) is 18.1. The van der Waals surface area contributed by atoms with E-state index in [1.54, 1.807) is 0 Å². The number of nitrogens with one attached hydrogen (secondary N) is 4. The maximum Gasteiger partial charge on any atom is 0.408 e. The highest BCUT2D eigenvalue weighted by Crippen LogP contribution is 2.13. The summed E-state index contributed by atoms with van der Waals surface area (Å²) >= 11 is 0. The van der Waals surface area contributed by atoms with E-state index >= 15 is 0 Å². The van der Waals surface area contributed by atoms with Gasteiger partial charge in [0.25, 0.3) is 0 Å². The summed E-state index contributed by atoms with van der Waals surface area (Å²) in [5.74, 6) is -0.348. The maximum absolute atomic E-state index is 12.8. The molecule has 10 nitrogen and oxygen atoms in total. The first kappa shape index (κ1) is 42.1. The van der Waals surface area contributed by atoms with Crippen LogP contribution in [0.3, 0.4) is 0 Å². The fourth-order valence-corrected chi connectivity index (χ4v) is 5.49. The lowest BCUT2D eigenvalue weighted by Gasteiger charge is -2.23. The van der Waals surface area contributed by atoms with Crippen molar-refractivity contribution < 1.29 is 28.7 Å². The van der Waals surface area contributed by atoms with Crippen molar-refractivity contribution in [3.05, 3.63) is 71.8 Å². The number of amides is 4. The number of carbonyl (C=O) groups is 4. The molecule has 2 rings (SSSR count). The highest BCUT2D eigenvalue weighted by atomic mass is 16.6. The Labute approximate surface area is 300 Å². The van der Waals surface area contributed by atoms with E-state index in [9.17, 15) is 19.2 Å². The molecule has 0 fully saturated rings. The number of alkyl carbamates (subject to hydrolysis) is 2. The van der Waals surface area contributed by atoms with Crippen LogP contribution < -0.4 is 21.3 Å². The Kier molecular flexibility index (Phi) is 21.7. The molecule has 4 atom stereocenters. The van der Waals surface area contributed by atoms with Crippen molar-refractivity contribution >= 4 is 24.0 Å². The van der Waals surface area contributed by atoms with E-state index < -0.39 is 24.3 Å². The maximum atomic E-state index is 12.8. The normalized spacial score (nSPS) is 13.3. The lowest BCUT2D eigenvalue weighted by Crippen LogP contribution is -2.50. The molecule has 4 amide bonds. The van der Waals surface area contributed by atoms with Gasteiger partial charge in [-0.15, -0.1) is 0 Å². The summed E-state index contributed by atoms with van der Waals surface area (Å²) in [5.41, 5.74) is 1.79. The average Bonchev–Trinajstić information content (AvgIpc) is 3.14. The number of hydrogen-bond acceptors (Lipinski definition) is 6. The van der Waals surface area contributed by atoms with E-state index in [0.29, 0.717) is 13.1 Å². The van der Waals surface area contributed by atoms with Gasteiger partial charge in [-0.2, -0.15) is 0 Å². The Bertz CT molecular complexity index is 1130. The predicted molar refractivity (Wildman–Crippen MR) is 198 cm³/mol. The first-order valence-electron chi connectivity index (χ1n) is 18.7. The van der Waals surface area contributed by atoms with Gasteiger partial charge in [0.1, 0.15) is 25.3 Å². The van der Waals surface area contributed by atoms with Gasteiger partial charge < -0.3 is 30.7 Å². The summed E-state index contributed by atoms with van der Waals surface area (Å²) in [4.78, 5) is 50.4. The molecule has 0 saturated heterocycles. The smallest absolute Gasteiger partial charge is 0.408 e. The fraction of sp³-hybridized carbons (Fsp3) is 0.600. The zero-order valence-corrected chi connectivity index (χ0v) is 30.8. The molecule has 0 aromatic heterocycles. The third-order valence-corrected chi connectivity index (χ3v) is 9.17. The van der Waals surface area contributed by atoms with E-state index in [-0.39, 0.29) is 36.9 Å². The molecule has 0 aliphatic heterocycles. The Morgan fingerprint density at radius 3 is 1.16 bits per heavy atom. The Morgan fingerprint density at radius 1 is 0.520 bits per heavy atom. The van der Waals surface area contributed by atoms with Gasteiger partial charge in [0.05, 0.1) is 0 Å². The van der Waals surface area contributed by atoms with Crippen molar-refractivity contribution in [3.63, 3.8) is 0 Å². The predicted octanol–water partition coefficient (Wildman–Crippen LogP) is 7.80. The minimum Gasteiger partial charge on any atom is -0.445 e. The largest absolute Gasteiger partial charge is 0.445 e. The number of benzene rings is 2. The van der Waals surface area contributed by atoms with Crippen LogP contribution in [0.1, 0.15) is 116 Å². The molecule has 0 radical (unpaired) electrons. The molecule has 50 heavy (non-hydrogen) atoms. The molecule has 0 aliphatic carbocycles. The van der Waals surface area contributed by atoms with Crippen LogP contribution in [0.5, 0.6) is 0 Å². The first-order valence-corrected chi connectivity index (χ1v) is 18.7. The lowest BCUT2D eigenvalue weighted by molar-refractivity contribution is -0.125. The standard InChI is InChI=1S/C40H62N4O6/c1-5-31(3)35(43-39(47)49-29-33-23-17-15-18-24-33)37(45)41-27-21-13-11-9-7-8-10-12-14-22-28-42-38(46)36(32(4)6-2)44-40(48)50-30-34-25-19-16-20-26-34/h15-20,23-26,31-32,35-36H,5-14,21-22,27-30H2,1-4H3,(H,41,45)(H,42,46)(H,43,47)(H,44,48)/t31-,32-,35-,36-/m0/s1. The molecular weight excluding hydrogens is 632 g/mol. The van der Waals surface area contributed by atoms with Crippen LogP contribution in [-0.2, 0) is 32.3 Å². The van der Waals surface area contributed by atoms with Crippen molar-refractivity contribution in [2.45, 2.75) is 130 Å². The van der Waals surface area contributed by atoms with Crippen LogP contribution in [0.2, 0.25) is 0 Å². The van der Waals surface area contributed by atoms with E-state index in [1.807, 2.05) is 88.4 Å². The number of carbonyl (C=O) groups excluding carboxylic acids is 4. The monoisotopic (exact) mass is 694 g/mol. The molecule has 0 spiro atoms. The van der Waals surface area contributed by atoms with E-state index in [0.717, 1.165) is 62.5 Å². The molecule has 0 bridgehead atoms. The molecule has 278 valence electrons. The molecule has 0 unspecified atom stereocenters. The van der Waals surface area contributed by atoms with Gasteiger partial charge in [-0.25, -0.2) is 9.59 Å². The lowest BCUT2D eigenvalue weighted by atomic mass is 9.98. The molecule has 0 aliphatic rings. The van der Waals surface area contributed by atoms with E-state index in [1.165, 1.54) is 25.7 Å². The SMILES string of the molecule is CC[C@H](C)[C@H](NC(=O)OCc1ccccc1)C(=O)NCCCCCCCCCCCCNC(=O)[C@@H](NC(=O)OCc1ccccc1)[C@@H](C)CC. The average molecular weight is 695 g/mol. The first-order chi connectivity index (χ1) is 24.2. The summed E-state index contributed by atoms with van der Waals surface area (Å²) in [7, 11) is 0. The van der Waals surface area contributed by atoms with Crippen LogP contribution in [0, 0.1) is 11.8 Å². The van der Waals surface area contributed by atoms with Gasteiger partial charge in [0.2, 0.25) is 11.8 Å². The quantitative estimate of drug-likeness (QED) is 0.0784. The van der Waals surface area contributed by atoms with Crippen LogP contribution in [-0.4, -0.2) is 49.2 Å². The number of rotatable bonds is 25. The fourth-order valence-electron chi connectivity index (χ4n) is 5.49. The second-order valence-corrected chi connectivity index (χ2v) is 13.3. The van der Waals surface area contributed by atoms with Gasteiger partial charge in [-0.1, -0.05) is 153 Å². The summed E-state index contributed by atoms with van der Waals surface area (Å²) in [5, 5.41) is 11.5. The Morgan fingerprint density at radius 2 is 0.840 bits per heavy atom. The highest BCUT2D eigenvalue weighted by Gasteiger charge is 2.27. The molecule has 4 N–H and O–H groups in total. The Balaban J connectivity index is 1.49. The third-order valence-electron chi connectivity index (χ3n) is 9.17. The molecule has 2 aromatic rings. The zero-order valence-electron chi connectivity index (χ0n) is 30.8. The van der Waals surface area contributed by atoms with Gasteiger partial charge in [-0.3, -0.25) is 9.59 Å². The van der Waals surface area contributed by atoms with Crippen molar-refractivity contribution in [3.8, 4) is 0 Å². The van der Waals surface area contributed by atoms with Crippen molar-refractivity contribution in [1.29, 1.82) is 0 Å². The molecular formula is C40H62N4O6. The second kappa shape index (κ2) is 25.8. The van der Waals surface area contributed by atoms with Crippen molar-refractivity contribution in [1.82, 2.24) is 21.3 Å². The summed E-state index contributed by atoms with van der Waals surface area (Å²) < 4.78 is 10.6. The highest BCUT2D eigenvalue weighted by molar-refractivity contribution is 5.86. The van der Waals surface area contributed by atoms with Gasteiger partial charge in [0.15, 0.2) is 0 Å². The van der Waals surface area contributed by atoms with Gasteiger partial charge >= 0.3 is 12.2 Å². The second-order valence-electron chi connectivity index (χ2n) is 13.3. The molecule has 0 heterocycles. The Hall–Kier alpha value is -4.08. The van der Waals surface area contributed by atoms with E-state index in [4.69, 9.17) is 9.47 Å². The minimum absolute atomic E-state index is 0.00897. The minimum atomic E-state index is -0.626. The topological polar surface area (TPSA) is 135 Å². The van der Waals surface area contributed by atoms with Crippen molar-refractivity contribution in [2.24, 2.45) is 11.8 Å². The van der Waals surface area contributed by atoms with Crippen LogP contribution in [0.4, 0.5) is 9.59 Å². The van der Waals surface area contributed by atoms with Gasteiger partial charge in [0, 0.05) is 13.1 Å². The van der Waals surface area contributed by atoms with Crippen LogP contribution in [0.15, 0.2) is 60.7 Å².